The Balaban J connectivity index is 1.33. The van der Waals surface area contributed by atoms with Crippen LogP contribution in [0.25, 0.3) is 16.6 Å². The molecule has 1 fully saturated rings. The molecule has 9 nitrogen and oxygen atoms in total. The number of ether oxygens (including phenoxy) is 1. The molecule has 220 valence electrons. The average molecular weight is 569 g/mol. The van der Waals surface area contributed by atoms with Crippen molar-refractivity contribution in [1.82, 2.24) is 19.9 Å². The first-order valence-electron chi connectivity index (χ1n) is 14.3. The fourth-order valence-corrected chi connectivity index (χ4v) is 5.55. The molecule has 1 amide bonds. The number of nitrogens with zero attached hydrogens (tertiary/aromatic N) is 5. The summed E-state index contributed by atoms with van der Waals surface area (Å²) in [6.45, 7) is 15.3. The molecule has 3 aromatic heterocycles. The van der Waals surface area contributed by atoms with Gasteiger partial charge in [0.1, 0.15) is 18.2 Å². The van der Waals surface area contributed by atoms with Crippen molar-refractivity contribution < 1.29 is 14.6 Å². The van der Waals surface area contributed by atoms with Crippen LogP contribution in [0.1, 0.15) is 60.7 Å². The molecule has 0 atom stereocenters. The second-order valence-corrected chi connectivity index (χ2v) is 12.2. The van der Waals surface area contributed by atoms with Crippen molar-refractivity contribution in [2.24, 2.45) is 4.99 Å². The van der Waals surface area contributed by atoms with E-state index in [1.807, 2.05) is 56.6 Å². The molecule has 4 aromatic rings. The molecule has 2 N–H and O–H groups in total. The third-order valence-corrected chi connectivity index (χ3v) is 7.91. The summed E-state index contributed by atoms with van der Waals surface area (Å²) in [5.74, 6) is 1.49. The molecule has 0 spiro atoms. The van der Waals surface area contributed by atoms with Crippen molar-refractivity contribution in [3.8, 4) is 16.9 Å². The molecule has 0 radical (unpaired) electrons. The third kappa shape index (κ3) is 6.31. The van der Waals surface area contributed by atoms with Gasteiger partial charge in [0.25, 0.3) is 5.91 Å². The highest BCUT2D eigenvalue weighted by Gasteiger charge is 2.33. The van der Waals surface area contributed by atoms with Crippen molar-refractivity contribution in [3.63, 3.8) is 0 Å². The Kier molecular flexibility index (Phi) is 8.06. The van der Waals surface area contributed by atoms with Gasteiger partial charge >= 0.3 is 0 Å². The topological polar surface area (TPSA) is 104 Å². The van der Waals surface area contributed by atoms with E-state index in [-0.39, 0.29) is 18.1 Å². The molecule has 1 aliphatic heterocycles. The minimum Gasteiger partial charge on any atom is -0.489 e. The van der Waals surface area contributed by atoms with Gasteiger partial charge in [0.15, 0.2) is 0 Å². The van der Waals surface area contributed by atoms with Crippen molar-refractivity contribution >= 4 is 24.0 Å². The number of aliphatic imine (C=N–C) groups is 1. The largest absolute Gasteiger partial charge is 0.489 e. The van der Waals surface area contributed by atoms with Gasteiger partial charge in [0.2, 0.25) is 0 Å². The van der Waals surface area contributed by atoms with E-state index >= 15 is 0 Å². The molecule has 1 aromatic carbocycles. The lowest BCUT2D eigenvalue weighted by Crippen LogP contribution is -2.53. The maximum atomic E-state index is 13.2. The Labute approximate surface area is 247 Å². The van der Waals surface area contributed by atoms with Crippen LogP contribution in [0, 0.1) is 13.8 Å². The molecule has 4 heterocycles. The first-order chi connectivity index (χ1) is 20.0. The third-order valence-electron chi connectivity index (χ3n) is 7.91. The second-order valence-electron chi connectivity index (χ2n) is 12.2. The summed E-state index contributed by atoms with van der Waals surface area (Å²) in [7, 11) is 0. The molecule has 9 heteroatoms. The summed E-state index contributed by atoms with van der Waals surface area (Å²) in [6, 6.07) is 12.0. The summed E-state index contributed by atoms with van der Waals surface area (Å²) in [5.41, 5.74) is 5.22. The predicted molar refractivity (Wildman–Crippen MR) is 167 cm³/mol. The lowest BCUT2D eigenvalue weighted by molar-refractivity contribution is 0.0283. The number of aliphatic hydroxyl groups is 1. The first kappa shape index (κ1) is 29.3. The number of piperidine rings is 1. The Bertz CT molecular complexity index is 1570. The van der Waals surface area contributed by atoms with Crippen LogP contribution < -0.4 is 15.0 Å². The number of benzene rings is 1. The van der Waals surface area contributed by atoms with Crippen molar-refractivity contribution in [2.75, 3.05) is 24.6 Å². The normalized spacial score (nSPS) is 15.0. The summed E-state index contributed by atoms with van der Waals surface area (Å²) >= 11 is 0. The maximum Gasteiger partial charge on any atom is 0.252 e. The number of nitrogens with one attached hydrogen (secondary N) is 1. The van der Waals surface area contributed by atoms with E-state index in [9.17, 15) is 9.90 Å². The number of carbonyl (C=O) groups is 1. The molecule has 0 unspecified atom stereocenters. The number of hydrogen-bond donors (Lipinski definition) is 2. The standard InChI is InChI=1S/C33H40N6O3/c1-22-8-7-9-23(2)29(22)31(40)37-33(5)12-14-38(15-13-33)28-11-10-24(18-35-28)27-16-26(42-21-32(3,4)41)20-39-30(27)25(17-34-6)19-36-39/h7-11,16,18-20,41H,6,12-15,17,21H2,1-5H3,(H,37,40). The zero-order valence-corrected chi connectivity index (χ0v) is 25.1. The molecule has 0 aliphatic carbocycles. The molecule has 5 rings (SSSR count). The average Bonchev–Trinajstić information content (AvgIpc) is 3.34. The minimum atomic E-state index is -0.965. The number of carbonyl (C=O) groups excluding carboxylic acids is 1. The quantitative estimate of drug-likeness (QED) is 0.271. The number of anilines is 1. The number of fused-ring (bicyclic) bond motifs is 1. The van der Waals surface area contributed by atoms with Crippen LogP contribution in [-0.2, 0) is 6.54 Å². The number of aryl methyl sites for hydroxylation is 2. The van der Waals surface area contributed by atoms with Gasteiger partial charge in [-0.15, -0.1) is 0 Å². The van der Waals surface area contributed by atoms with Gasteiger partial charge in [0.05, 0.1) is 30.1 Å². The van der Waals surface area contributed by atoms with Gasteiger partial charge < -0.3 is 20.1 Å². The smallest absolute Gasteiger partial charge is 0.252 e. The van der Waals surface area contributed by atoms with Crippen molar-refractivity contribution in [2.45, 2.75) is 65.1 Å². The summed E-state index contributed by atoms with van der Waals surface area (Å²) < 4.78 is 7.69. The van der Waals surface area contributed by atoms with Crippen LogP contribution in [0.3, 0.4) is 0 Å². The van der Waals surface area contributed by atoms with Gasteiger partial charge in [-0.05, 0) is 83.5 Å². The van der Waals surface area contributed by atoms with Crippen molar-refractivity contribution in [3.05, 3.63) is 77.2 Å². The lowest BCUT2D eigenvalue weighted by Gasteiger charge is -2.40. The van der Waals surface area contributed by atoms with Crippen LogP contribution in [0.15, 0.2) is 60.0 Å². The molecular weight excluding hydrogens is 528 g/mol. The second kappa shape index (κ2) is 11.6. The first-order valence-corrected chi connectivity index (χ1v) is 14.3. The monoisotopic (exact) mass is 568 g/mol. The minimum absolute atomic E-state index is 0.00463. The van der Waals surface area contributed by atoms with Crippen LogP contribution in [0.5, 0.6) is 5.75 Å². The Morgan fingerprint density at radius 1 is 1.17 bits per heavy atom. The van der Waals surface area contributed by atoms with E-state index in [4.69, 9.17) is 9.72 Å². The van der Waals surface area contributed by atoms with Gasteiger partial charge in [-0.1, -0.05) is 18.2 Å². The molecule has 1 saturated heterocycles. The van der Waals surface area contributed by atoms with E-state index in [0.717, 1.165) is 70.6 Å². The highest BCUT2D eigenvalue weighted by Crippen LogP contribution is 2.33. The zero-order valence-electron chi connectivity index (χ0n) is 25.1. The molecular formula is C33H40N6O3. The fraction of sp³-hybridized carbons (Fsp3) is 0.394. The predicted octanol–water partition coefficient (Wildman–Crippen LogP) is 5.15. The van der Waals surface area contributed by atoms with E-state index in [1.165, 1.54) is 0 Å². The number of rotatable bonds is 9. The molecule has 0 saturated carbocycles. The number of pyridine rings is 2. The number of aromatic nitrogens is 3. The summed E-state index contributed by atoms with van der Waals surface area (Å²) in [5, 5.41) is 18.0. The number of hydrogen-bond acceptors (Lipinski definition) is 7. The Hall–Kier alpha value is -4.24. The highest BCUT2D eigenvalue weighted by molar-refractivity contribution is 5.97. The van der Waals surface area contributed by atoms with Gasteiger partial charge in [-0.3, -0.25) is 9.79 Å². The fourth-order valence-electron chi connectivity index (χ4n) is 5.55. The van der Waals surface area contributed by atoms with E-state index in [0.29, 0.717) is 12.3 Å². The highest BCUT2D eigenvalue weighted by atomic mass is 16.5. The summed E-state index contributed by atoms with van der Waals surface area (Å²) in [4.78, 5) is 24.3. The van der Waals surface area contributed by atoms with E-state index in [1.54, 1.807) is 24.6 Å². The van der Waals surface area contributed by atoms with E-state index < -0.39 is 5.60 Å². The van der Waals surface area contributed by atoms with Crippen LogP contribution in [0.2, 0.25) is 0 Å². The summed E-state index contributed by atoms with van der Waals surface area (Å²) in [6.07, 6.45) is 7.12. The van der Waals surface area contributed by atoms with Crippen LogP contribution in [0.4, 0.5) is 5.82 Å². The van der Waals surface area contributed by atoms with Crippen LogP contribution in [-0.4, -0.2) is 63.2 Å². The molecule has 42 heavy (non-hydrogen) atoms. The zero-order chi connectivity index (χ0) is 30.1. The van der Waals surface area contributed by atoms with Gasteiger partial charge in [-0.2, -0.15) is 5.10 Å². The van der Waals surface area contributed by atoms with E-state index in [2.05, 4.69) is 40.0 Å². The SMILES string of the molecule is C=NCc1cnn2cc(OCC(C)(C)O)cc(-c3ccc(N4CCC(C)(NC(=O)c5c(C)cccc5C)CC4)nc3)c12. The molecule has 0 bridgehead atoms. The van der Waals surface area contributed by atoms with Gasteiger partial charge in [0, 0.05) is 47.1 Å². The lowest BCUT2D eigenvalue weighted by atomic mass is 9.88. The van der Waals surface area contributed by atoms with Crippen LogP contribution >= 0.6 is 0 Å². The van der Waals surface area contributed by atoms with Gasteiger partial charge in [-0.25, -0.2) is 9.50 Å². The molecule has 1 aliphatic rings. The maximum absolute atomic E-state index is 13.2. The number of amides is 1. The Morgan fingerprint density at radius 2 is 1.88 bits per heavy atom. The van der Waals surface area contributed by atoms with Crippen molar-refractivity contribution in [1.29, 1.82) is 0 Å². The Morgan fingerprint density at radius 3 is 2.50 bits per heavy atom.